The number of hydrogen-bond donors (Lipinski definition) is 0. The van der Waals surface area contributed by atoms with E-state index in [2.05, 4.69) is 4.98 Å². The van der Waals surface area contributed by atoms with Crippen molar-refractivity contribution in [1.29, 1.82) is 0 Å². The van der Waals surface area contributed by atoms with Crippen molar-refractivity contribution in [2.75, 3.05) is 31.1 Å². The number of aromatic nitrogens is 1. The fourth-order valence-electron chi connectivity index (χ4n) is 2.57. The summed E-state index contributed by atoms with van der Waals surface area (Å²) in [7, 11) is 0. The number of amides is 1. The third kappa shape index (κ3) is 3.17. The van der Waals surface area contributed by atoms with E-state index in [0.29, 0.717) is 38.7 Å². The minimum absolute atomic E-state index is 0.299. The highest BCUT2D eigenvalue weighted by atomic mass is 32.1. The fraction of sp³-hybridized carbons (Fsp3) is 0.333. The molecule has 1 aliphatic heterocycles. The number of benzene rings is 1. The van der Waals surface area contributed by atoms with Crippen molar-refractivity contribution in [3.05, 3.63) is 46.7 Å². The minimum Gasteiger partial charge on any atom is -0.346 e. The lowest BCUT2D eigenvalue weighted by atomic mass is 10.1. The van der Waals surface area contributed by atoms with Gasteiger partial charge < -0.3 is 9.80 Å². The van der Waals surface area contributed by atoms with Crippen molar-refractivity contribution >= 4 is 22.4 Å². The number of carbonyl (C=O) groups excluding carboxylic acids is 1. The van der Waals surface area contributed by atoms with Crippen molar-refractivity contribution in [3.8, 4) is 0 Å². The van der Waals surface area contributed by atoms with E-state index in [4.69, 9.17) is 0 Å². The van der Waals surface area contributed by atoms with E-state index in [9.17, 15) is 18.0 Å². The Bertz CT molecular complexity index is 708. The van der Waals surface area contributed by atoms with Gasteiger partial charge in [0.2, 0.25) is 0 Å². The van der Waals surface area contributed by atoms with Gasteiger partial charge in [-0.15, -0.1) is 11.3 Å². The molecule has 0 bridgehead atoms. The van der Waals surface area contributed by atoms with Gasteiger partial charge in [-0.05, 0) is 18.6 Å². The van der Waals surface area contributed by atoms with Crippen LogP contribution in [0.15, 0.2) is 23.7 Å². The zero-order chi connectivity index (χ0) is 16.4. The second kappa shape index (κ2) is 6.57. The highest BCUT2D eigenvalue weighted by Crippen LogP contribution is 2.21. The molecule has 4 nitrogen and oxygen atoms in total. The van der Waals surface area contributed by atoms with Crippen LogP contribution in [0, 0.1) is 17.5 Å². The zero-order valence-electron chi connectivity index (χ0n) is 12.1. The molecule has 1 amide bonds. The van der Waals surface area contributed by atoms with Crippen LogP contribution in [0.3, 0.4) is 0 Å². The first-order chi connectivity index (χ1) is 11.1. The number of halogens is 3. The molecule has 1 aromatic heterocycles. The molecule has 1 saturated heterocycles. The summed E-state index contributed by atoms with van der Waals surface area (Å²) in [6, 6.07) is 1.44. The second-order valence-electron chi connectivity index (χ2n) is 5.17. The van der Waals surface area contributed by atoms with Gasteiger partial charge in [-0.25, -0.2) is 18.2 Å². The summed E-state index contributed by atoms with van der Waals surface area (Å²) in [5.74, 6) is -4.53. The monoisotopic (exact) mass is 341 g/mol. The average molecular weight is 341 g/mol. The first-order valence-electron chi connectivity index (χ1n) is 7.15. The molecule has 0 radical (unpaired) electrons. The molecule has 0 unspecified atom stereocenters. The minimum atomic E-state index is -1.43. The van der Waals surface area contributed by atoms with Gasteiger partial charge in [-0.3, -0.25) is 4.79 Å². The van der Waals surface area contributed by atoms with Crippen LogP contribution < -0.4 is 4.90 Å². The topological polar surface area (TPSA) is 36.4 Å². The molecule has 0 spiro atoms. The number of carbonyl (C=O) groups is 1. The SMILES string of the molecule is O=C(c1c(F)ccc(F)c1F)N1CCCN(c2nccs2)CC1. The molecule has 0 saturated carbocycles. The molecule has 0 N–H and O–H groups in total. The Morgan fingerprint density at radius 1 is 1.09 bits per heavy atom. The molecule has 0 aliphatic carbocycles. The van der Waals surface area contributed by atoms with Gasteiger partial charge in [-0.2, -0.15) is 0 Å². The lowest BCUT2D eigenvalue weighted by Gasteiger charge is -2.22. The number of hydrogen-bond acceptors (Lipinski definition) is 4. The molecule has 1 aliphatic rings. The first kappa shape index (κ1) is 15.8. The van der Waals surface area contributed by atoms with E-state index >= 15 is 0 Å². The van der Waals surface area contributed by atoms with E-state index in [1.54, 1.807) is 6.20 Å². The molecule has 2 heterocycles. The standard InChI is InChI=1S/C15H14F3N3OS/c16-10-2-3-11(17)13(18)12(10)14(22)20-5-1-6-21(8-7-20)15-19-4-9-23-15/h2-4,9H,1,5-8H2. The maximum absolute atomic E-state index is 13.8. The van der Waals surface area contributed by atoms with Crippen LogP contribution in [0.2, 0.25) is 0 Å². The van der Waals surface area contributed by atoms with Crippen LogP contribution in [0.4, 0.5) is 18.3 Å². The lowest BCUT2D eigenvalue weighted by Crippen LogP contribution is -2.36. The first-order valence-corrected chi connectivity index (χ1v) is 8.03. The highest BCUT2D eigenvalue weighted by molar-refractivity contribution is 7.13. The summed E-state index contributed by atoms with van der Waals surface area (Å²) in [5, 5.41) is 2.71. The van der Waals surface area contributed by atoms with Crippen molar-refractivity contribution in [1.82, 2.24) is 9.88 Å². The molecule has 2 aromatic rings. The molecular weight excluding hydrogens is 327 g/mol. The predicted octanol–water partition coefficient (Wildman–Crippen LogP) is 2.91. The van der Waals surface area contributed by atoms with Crippen molar-refractivity contribution < 1.29 is 18.0 Å². The summed E-state index contributed by atoms with van der Waals surface area (Å²) in [6.07, 6.45) is 2.34. The van der Waals surface area contributed by atoms with Crippen LogP contribution in [0.25, 0.3) is 0 Å². The van der Waals surface area contributed by atoms with Gasteiger partial charge in [0.05, 0.1) is 0 Å². The molecule has 1 fully saturated rings. The average Bonchev–Trinajstić information content (AvgIpc) is 2.96. The van der Waals surface area contributed by atoms with Gasteiger partial charge in [-0.1, -0.05) is 0 Å². The van der Waals surface area contributed by atoms with Crippen LogP contribution in [0.5, 0.6) is 0 Å². The maximum atomic E-state index is 13.8. The molecular formula is C15H14F3N3OS. The lowest BCUT2D eigenvalue weighted by molar-refractivity contribution is 0.0756. The Morgan fingerprint density at radius 3 is 2.61 bits per heavy atom. The maximum Gasteiger partial charge on any atom is 0.260 e. The third-order valence-electron chi connectivity index (χ3n) is 3.73. The summed E-state index contributed by atoms with van der Waals surface area (Å²) < 4.78 is 40.8. The Hall–Kier alpha value is -2.09. The third-order valence-corrected chi connectivity index (χ3v) is 4.56. The Labute approximate surface area is 135 Å². The second-order valence-corrected chi connectivity index (χ2v) is 6.04. The van der Waals surface area contributed by atoms with E-state index < -0.39 is 28.9 Å². The highest BCUT2D eigenvalue weighted by Gasteiger charge is 2.27. The number of anilines is 1. The van der Waals surface area contributed by atoms with Crippen LogP contribution >= 0.6 is 11.3 Å². The van der Waals surface area contributed by atoms with E-state index in [0.717, 1.165) is 11.2 Å². The van der Waals surface area contributed by atoms with Gasteiger partial charge >= 0.3 is 0 Å². The van der Waals surface area contributed by atoms with E-state index in [1.165, 1.54) is 16.2 Å². The number of thiazole rings is 1. The smallest absolute Gasteiger partial charge is 0.260 e. The molecule has 3 rings (SSSR count). The normalized spacial score (nSPS) is 15.6. The van der Waals surface area contributed by atoms with Crippen molar-refractivity contribution in [3.63, 3.8) is 0 Å². The van der Waals surface area contributed by atoms with Gasteiger partial charge in [0.15, 0.2) is 16.8 Å². The molecule has 0 atom stereocenters. The van der Waals surface area contributed by atoms with Crippen LogP contribution in [-0.2, 0) is 0 Å². The molecule has 8 heteroatoms. The van der Waals surface area contributed by atoms with Crippen molar-refractivity contribution in [2.24, 2.45) is 0 Å². The Balaban J connectivity index is 1.78. The summed E-state index contributed by atoms with van der Waals surface area (Å²) in [4.78, 5) is 20.0. The van der Waals surface area contributed by atoms with Crippen molar-refractivity contribution in [2.45, 2.75) is 6.42 Å². The molecule has 23 heavy (non-hydrogen) atoms. The largest absolute Gasteiger partial charge is 0.346 e. The summed E-state index contributed by atoms with van der Waals surface area (Å²) in [6.45, 7) is 1.87. The van der Waals surface area contributed by atoms with E-state index in [1.807, 2.05) is 10.3 Å². The fourth-order valence-corrected chi connectivity index (χ4v) is 3.26. The predicted molar refractivity (Wildman–Crippen MR) is 81.2 cm³/mol. The quantitative estimate of drug-likeness (QED) is 0.788. The van der Waals surface area contributed by atoms with Crippen LogP contribution in [-0.4, -0.2) is 42.0 Å². The van der Waals surface area contributed by atoms with Crippen LogP contribution in [0.1, 0.15) is 16.8 Å². The molecule has 1 aromatic carbocycles. The number of nitrogens with zero attached hydrogens (tertiary/aromatic N) is 3. The Kier molecular flexibility index (Phi) is 4.51. The van der Waals surface area contributed by atoms with Gasteiger partial charge in [0.1, 0.15) is 11.4 Å². The molecule has 122 valence electrons. The Morgan fingerprint density at radius 2 is 1.87 bits per heavy atom. The zero-order valence-corrected chi connectivity index (χ0v) is 13.0. The van der Waals surface area contributed by atoms with Gasteiger partial charge in [0, 0.05) is 37.8 Å². The number of rotatable bonds is 2. The summed E-state index contributed by atoms with van der Waals surface area (Å²) >= 11 is 1.49. The van der Waals surface area contributed by atoms with E-state index in [-0.39, 0.29) is 0 Å². The van der Waals surface area contributed by atoms with Gasteiger partial charge in [0.25, 0.3) is 5.91 Å². The summed E-state index contributed by atoms with van der Waals surface area (Å²) in [5.41, 5.74) is -0.826.